The number of oxime groups is 1. The molecule has 6 nitrogen and oxygen atoms in total. The quantitative estimate of drug-likeness (QED) is 0.303. The summed E-state index contributed by atoms with van der Waals surface area (Å²) in [5.74, 6) is -0.468. The maximum atomic E-state index is 11.2. The Hall–Kier alpha value is -2.24. The molecule has 1 aromatic carbocycles. The van der Waals surface area contributed by atoms with Crippen LogP contribution in [0.15, 0.2) is 32.6 Å². The summed E-state index contributed by atoms with van der Waals surface area (Å²) in [6, 6.07) is 4.87. The SMILES string of the molecule is Cn1c(=O)oc2cc(/C(N)=N/O)ccc21. The number of rotatable bonds is 1. The van der Waals surface area contributed by atoms with Gasteiger partial charge in [0.25, 0.3) is 0 Å². The molecule has 15 heavy (non-hydrogen) atoms. The van der Waals surface area contributed by atoms with E-state index in [1.54, 1.807) is 25.2 Å². The van der Waals surface area contributed by atoms with Gasteiger partial charge in [-0.2, -0.15) is 0 Å². The van der Waals surface area contributed by atoms with Crippen molar-refractivity contribution in [2.24, 2.45) is 17.9 Å². The number of amidine groups is 1. The van der Waals surface area contributed by atoms with Gasteiger partial charge >= 0.3 is 5.76 Å². The van der Waals surface area contributed by atoms with Gasteiger partial charge in [-0.25, -0.2) is 4.79 Å². The van der Waals surface area contributed by atoms with E-state index < -0.39 is 5.76 Å². The summed E-state index contributed by atoms with van der Waals surface area (Å²) >= 11 is 0. The molecule has 0 atom stereocenters. The normalized spacial score (nSPS) is 12.2. The smallest absolute Gasteiger partial charge is 0.409 e. The number of aryl methyl sites for hydroxylation is 1. The summed E-state index contributed by atoms with van der Waals surface area (Å²) in [7, 11) is 1.61. The van der Waals surface area contributed by atoms with E-state index in [4.69, 9.17) is 15.4 Å². The van der Waals surface area contributed by atoms with E-state index in [9.17, 15) is 4.79 Å². The molecule has 0 radical (unpaired) electrons. The Kier molecular flexibility index (Phi) is 1.96. The predicted octanol–water partition coefficient (Wildman–Crippen LogP) is 0.226. The largest absolute Gasteiger partial charge is 0.419 e. The van der Waals surface area contributed by atoms with Gasteiger partial charge in [0.1, 0.15) is 0 Å². The number of benzene rings is 1. The molecule has 0 bridgehead atoms. The summed E-state index contributed by atoms with van der Waals surface area (Å²) in [5, 5.41) is 11.3. The zero-order chi connectivity index (χ0) is 11.0. The van der Waals surface area contributed by atoms with E-state index in [1.807, 2.05) is 0 Å². The minimum Gasteiger partial charge on any atom is -0.409 e. The molecule has 0 amide bonds. The highest BCUT2D eigenvalue weighted by Gasteiger charge is 2.07. The van der Waals surface area contributed by atoms with Gasteiger partial charge in [0.2, 0.25) is 0 Å². The average molecular weight is 207 g/mol. The molecule has 0 unspecified atom stereocenters. The van der Waals surface area contributed by atoms with Gasteiger partial charge in [-0.1, -0.05) is 5.16 Å². The van der Waals surface area contributed by atoms with Crippen molar-refractivity contribution in [2.45, 2.75) is 0 Å². The fraction of sp³-hybridized carbons (Fsp3) is 0.111. The molecule has 0 saturated heterocycles. The highest BCUT2D eigenvalue weighted by molar-refractivity contribution is 5.99. The van der Waals surface area contributed by atoms with Crippen LogP contribution in [0.2, 0.25) is 0 Å². The lowest BCUT2D eigenvalue weighted by atomic mass is 10.2. The topological polar surface area (TPSA) is 93.8 Å². The van der Waals surface area contributed by atoms with Crippen molar-refractivity contribution in [3.8, 4) is 0 Å². The van der Waals surface area contributed by atoms with E-state index in [0.29, 0.717) is 16.7 Å². The summed E-state index contributed by atoms with van der Waals surface area (Å²) in [4.78, 5) is 11.2. The van der Waals surface area contributed by atoms with Crippen LogP contribution in [0.3, 0.4) is 0 Å². The molecular formula is C9H9N3O3. The highest BCUT2D eigenvalue weighted by atomic mass is 16.4. The van der Waals surface area contributed by atoms with Crippen LogP contribution in [-0.2, 0) is 7.05 Å². The van der Waals surface area contributed by atoms with E-state index in [0.717, 1.165) is 0 Å². The third-order valence-electron chi connectivity index (χ3n) is 2.20. The van der Waals surface area contributed by atoms with Crippen molar-refractivity contribution in [3.05, 3.63) is 34.3 Å². The van der Waals surface area contributed by atoms with Gasteiger partial charge in [0.05, 0.1) is 5.52 Å². The van der Waals surface area contributed by atoms with Crippen LogP contribution in [0.4, 0.5) is 0 Å². The van der Waals surface area contributed by atoms with Gasteiger partial charge in [-0.15, -0.1) is 0 Å². The average Bonchev–Trinajstić information content (AvgIpc) is 2.53. The molecule has 0 aliphatic heterocycles. The number of nitrogens with zero attached hydrogens (tertiary/aromatic N) is 2. The number of oxazole rings is 1. The Labute approximate surface area is 84.2 Å². The lowest BCUT2D eigenvalue weighted by Gasteiger charge is -1.97. The van der Waals surface area contributed by atoms with E-state index in [1.165, 1.54) is 4.57 Å². The third kappa shape index (κ3) is 1.35. The molecule has 1 heterocycles. The second kappa shape index (κ2) is 3.16. The molecule has 78 valence electrons. The van der Waals surface area contributed by atoms with Crippen molar-refractivity contribution in [2.75, 3.05) is 0 Å². The van der Waals surface area contributed by atoms with Crippen LogP contribution >= 0.6 is 0 Å². The second-order valence-electron chi connectivity index (χ2n) is 3.09. The van der Waals surface area contributed by atoms with Crippen LogP contribution in [0.1, 0.15) is 5.56 Å². The molecule has 3 N–H and O–H groups in total. The first kappa shape index (κ1) is 9.32. The van der Waals surface area contributed by atoms with Gasteiger partial charge < -0.3 is 15.4 Å². The minimum absolute atomic E-state index is 0.0246. The second-order valence-corrected chi connectivity index (χ2v) is 3.09. The summed E-state index contributed by atoms with van der Waals surface area (Å²) < 4.78 is 6.33. The molecule has 0 aliphatic rings. The standard InChI is InChI=1S/C9H9N3O3/c1-12-6-3-2-5(8(10)11-14)4-7(6)15-9(12)13/h2-4,14H,1H3,(H2,10,11). The number of aromatic nitrogens is 1. The molecule has 0 aliphatic carbocycles. The Morgan fingerprint density at radius 3 is 3.00 bits per heavy atom. The first-order valence-corrected chi connectivity index (χ1v) is 4.21. The Morgan fingerprint density at radius 1 is 1.60 bits per heavy atom. The van der Waals surface area contributed by atoms with E-state index in [2.05, 4.69) is 5.16 Å². The first-order valence-electron chi connectivity index (χ1n) is 4.21. The first-order chi connectivity index (χ1) is 7.13. The van der Waals surface area contributed by atoms with Gasteiger partial charge in [-0.3, -0.25) is 4.57 Å². The number of fused-ring (bicyclic) bond motifs is 1. The zero-order valence-corrected chi connectivity index (χ0v) is 7.97. The Morgan fingerprint density at radius 2 is 2.33 bits per heavy atom. The molecule has 2 rings (SSSR count). The highest BCUT2D eigenvalue weighted by Crippen LogP contribution is 2.13. The molecule has 6 heteroatoms. The van der Waals surface area contributed by atoms with Crippen molar-refractivity contribution in [1.29, 1.82) is 0 Å². The van der Waals surface area contributed by atoms with Crippen molar-refractivity contribution in [1.82, 2.24) is 4.57 Å². The van der Waals surface area contributed by atoms with Crippen LogP contribution < -0.4 is 11.5 Å². The van der Waals surface area contributed by atoms with Crippen LogP contribution in [-0.4, -0.2) is 15.6 Å². The van der Waals surface area contributed by atoms with Gasteiger partial charge in [0.15, 0.2) is 11.4 Å². The molecule has 0 spiro atoms. The predicted molar refractivity (Wildman–Crippen MR) is 54.0 cm³/mol. The molecule has 2 aromatic rings. The van der Waals surface area contributed by atoms with Gasteiger partial charge in [0, 0.05) is 12.6 Å². The van der Waals surface area contributed by atoms with Crippen molar-refractivity contribution >= 4 is 16.9 Å². The van der Waals surface area contributed by atoms with Crippen LogP contribution in [0.25, 0.3) is 11.1 Å². The third-order valence-corrected chi connectivity index (χ3v) is 2.20. The van der Waals surface area contributed by atoms with Gasteiger partial charge in [-0.05, 0) is 18.2 Å². The lowest BCUT2D eigenvalue weighted by Crippen LogP contribution is -2.12. The maximum absolute atomic E-state index is 11.2. The Balaban J connectivity index is 2.72. The molecule has 0 saturated carbocycles. The van der Waals surface area contributed by atoms with E-state index >= 15 is 0 Å². The minimum atomic E-state index is -0.443. The summed E-state index contributed by atoms with van der Waals surface area (Å²) in [6.07, 6.45) is 0. The van der Waals surface area contributed by atoms with Crippen molar-refractivity contribution in [3.63, 3.8) is 0 Å². The number of nitrogens with two attached hydrogens (primary N) is 1. The monoisotopic (exact) mass is 207 g/mol. The molecular weight excluding hydrogens is 198 g/mol. The number of hydrogen-bond donors (Lipinski definition) is 2. The van der Waals surface area contributed by atoms with Crippen LogP contribution in [0.5, 0.6) is 0 Å². The van der Waals surface area contributed by atoms with Crippen molar-refractivity contribution < 1.29 is 9.62 Å². The summed E-state index contributed by atoms with van der Waals surface area (Å²) in [5.41, 5.74) is 6.97. The fourth-order valence-electron chi connectivity index (χ4n) is 1.35. The fourth-order valence-corrected chi connectivity index (χ4v) is 1.35. The molecule has 0 fully saturated rings. The molecule has 1 aromatic heterocycles. The number of hydrogen-bond acceptors (Lipinski definition) is 4. The lowest BCUT2D eigenvalue weighted by molar-refractivity contribution is 0.318. The van der Waals surface area contributed by atoms with E-state index in [-0.39, 0.29) is 5.84 Å². The van der Waals surface area contributed by atoms with Crippen LogP contribution in [0, 0.1) is 0 Å². The maximum Gasteiger partial charge on any atom is 0.419 e. The Bertz CT molecular complexity index is 594. The zero-order valence-electron chi connectivity index (χ0n) is 7.97. The summed E-state index contributed by atoms with van der Waals surface area (Å²) in [6.45, 7) is 0.